The third-order valence-electron chi connectivity index (χ3n) is 6.48. The molecule has 1 aromatic rings. The van der Waals surface area contributed by atoms with Crippen LogP contribution in [0.3, 0.4) is 0 Å². The maximum absolute atomic E-state index is 13.7. The molecule has 0 bridgehead atoms. The van der Waals surface area contributed by atoms with Gasteiger partial charge in [0.1, 0.15) is 5.60 Å². The normalized spacial score (nSPS) is 18.5. The number of nitrogens with zero attached hydrogens (tertiary/aromatic N) is 1. The predicted octanol–water partition coefficient (Wildman–Crippen LogP) is 3.41. The Morgan fingerprint density at radius 2 is 1.82 bits per heavy atom. The number of aliphatic hydroxyl groups is 1. The third kappa shape index (κ3) is 7.83. The van der Waals surface area contributed by atoms with Crippen LogP contribution >= 0.6 is 0 Å². The number of ether oxygens (including phenoxy) is 3. The van der Waals surface area contributed by atoms with Gasteiger partial charge in [0.25, 0.3) is 5.91 Å². The lowest BCUT2D eigenvalue weighted by atomic mass is 9.88. The quantitative estimate of drug-likeness (QED) is 0.225. The molecule has 0 unspecified atom stereocenters. The van der Waals surface area contributed by atoms with E-state index in [1.54, 1.807) is 32.0 Å². The van der Waals surface area contributed by atoms with Crippen molar-refractivity contribution in [2.45, 2.75) is 84.7 Å². The number of methoxy groups -OCH3 is 1. The van der Waals surface area contributed by atoms with Gasteiger partial charge in [-0.05, 0) is 51.2 Å². The molecule has 1 aliphatic rings. The minimum absolute atomic E-state index is 0.0721. The number of hydrogen-bond donors (Lipinski definition) is 1. The van der Waals surface area contributed by atoms with Crippen LogP contribution in [-0.4, -0.2) is 77.1 Å². The number of aliphatic hydroxyl groups excluding tert-OH is 1. The van der Waals surface area contributed by atoms with Gasteiger partial charge >= 0.3 is 12.1 Å². The molecule has 0 spiro atoms. The number of hydrogen-bond acceptors (Lipinski definition) is 9. The van der Waals surface area contributed by atoms with Crippen molar-refractivity contribution in [2.75, 3.05) is 13.7 Å². The maximum atomic E-state index is 13.7. The molecule has 2 rings (SSSR count). The fourth-order valence-corrected chi connectivity index (χ4v) is 4.92. The van der Waals surface area contributed by atoms with E-state index in [9.17, 15) is 24.0 Å². The van der Waals surface area contributed by atoms with E-state index in [1.165, 1.54) is 0 Å². The van der Waals surface area contributed by atoms with Crippen LogP contribution in [0.5, 0.6) is 0 Å². The molecular weight excluding hydrogens is 506 g/mol. The molecule has 1 saturated heterocycles. The summed E-state index contributed by atoms with van der Waals surface area (Å²) in [6.45, 7) is 9.84. The number of allylic oxidation sites excluding steroid dienone is 1. The molecule has 39 heavy (non-hydrogen) atoms. The summed E-state index contributed by atoms with van der Waals surface area (Å²) in [7, 11) is 1.16. The first kappa shape index (κ1) is 31.8. The summed E-state index contributed by atoms with van der Waals surface area (Å²) in [5.74, 6) is -3.15. The first-order valence-corrected chi connectivity index (χ1v) is 13.0. The number of aryl methyl sites for hydroxylation is 1. The van der Waals surface area contributed by atoms with Crippen LogP contribution in [0.25, 0.3) is 5.57 Å². The Balaban J connectivity index is 2.54. The second kappa shape index (κ2) is 13.6. The van der Waals surface area contributed by atoms with Crippen molar-refractivity contribution < 1.29 is 43.3 Å². The van der Waals surface area contributed by atoms with Crippen LogP contribution in [0.4, 0.5) is 4.79 Å². The standard InChI is InChI=1S/C29H39NO9/c1-17(2)26-29(5,6)39-28(36)30(26)27(35)25(37-7)24(38-19(4)32)23(34)16-21(22(33)13-8-9-14-31)20-12-10-11-18(3)15-20/h10-12,15-17,24-26,31H,8-9,13-14H2,1-7H3/t24-,25+,26+/m1/s1. The lowest BCUT2D eigenvalue weighted by molar-refractivity contribution is -0.166. The Labute approximate surface area is 229 Å². The summed E-state index contributed by atoms with van der Waals surface area (Å²) in [6, 6.07) is 6.31. The Morgan fingerprint density at radius 1 is 1.15 bits per heavy atom. The van der Waals surface area contributed by atoms with Gasteiger partial charge < -0.3 is 19.3 Å². The van der Waals surface area contributed by atoms with E-state index < -0.39 is 47.6 Å². The van der Waals surface area contributed by atoms with Crippen molar-refractivity contribution in [1.82, 2.24) is 4.90 Å². The topological polar surface area (TPSA) is 137 Å². The highest BCUT2D eigenvalue weighted by atomic mass is 16.6. The molecule has 0 aromatic heterocycles. The summed E-state index contributed by atoms with van der Waals surface area (Å²) in [5, 5.41) is 9.10. The number of amides is 2. The van der Waals surface area contributed by atoms with Gasteiger partial charge in [-0.25, -0.2) is 9.69 Å². The van der Waals surface area contributed by atoms with Gasteiger partial charge in [0.05, 0.1) is 6.04 Å². The lowest BCUT2D eigenvalue weighted by Gasteiger charge is -2.33. The van der Waals surface area contributed by atoms with Crippen LogP contribution in [0.1, 0.15) is 65.0 Å². The van der Waals surface area contributed by atoms with Gasteiger partial charge in [0.15, 0.2) is 23.8 Å². The maximum Gasteiger partial charge on any atom is 0.417 e. The Kier molecular flexibility index (Phi) is 11.1. The summed E-state index contributed by atoms with van der Waals surface area (Å²) < 4.78 is 16.1. The molecule has 10 nitrogen and oxygen atoms in total. The SMILES string of the molecule is CO[C@H](C(=O)N1C(=O)OC(C)(C)[C@@H]1C(C)C)[C@H](OC(C)=O)C(=O)C=C(C(=O)CCCCO)c1cccc(C)c1. The Morgan fingerprint density at radius 3 is 2.36 bits per heavy atom. The number of ketones is 2. The molecule has 1 aliphatic heterocycles. The van der Waals surface area contributed by atoms with E-state index in [-0.39, 0.29) is 30.3 Å². The number of carbonyl (C=O) groups is 5. The van der Waals surface area contributed by atoms with Gasteiger partial charge in [0, 0.05) is 32.6 Å². The van der Waals surface area contributed by atoms with E-state index >= 15 is 0 Å². The Bertz CT molecular complexity index is 1120. The van der Waals surface area contributed by atoms with E-state index in [4.69, 9.17) is 19.3 Å². The summed E-state index contributed by atoms with van der Waals surface area (Å²) >= 11 is 0. The van der Waals surface area contributed by atoms with Gasteiger partial charge in [-0.15, -0.1) is 0 Å². The molecular formula is C29H39NO9. The average molecular weight is 546 g/mol. The zero-order valence-corrected chi connectivity index (χ0v) is 23.7. The van der Waals surface area contributed by atoms with Gasteiger partial charge in [-0.1, -0.05) is 43.7 Å². The van der Waals surface area contributed by atoms with E-state index in [0.29, 0.717) is 18.4 Å². The van der Waals surface area contributed by atoms with Crippen molar-refractivity contribution in [3.8, 4) is 0 Å². The van der Waals surface area contributed by atoms with Crippen LogP contribution < -0.4 is 0 Å². The van der Waals surface area contributed by atoms with Gasteiger partial charge in [0.2, 0.25) is 0 Å². The Hall–Kier alpha value is -3.37. The second-order valence-electron chi connectivity index (χ2n) is 10.5. The molecule has 1 heterocycles. The lowest BCUT2D eigenvalue weighted by Crippen LogP contribution is -2.55. The van der Waals surface area contributed by atoms with E-state index in [0.717, 1.165) is 30.6 Å². The number of unbranched alkanes of at least 4 members (excludes halogenated alkanes) is 1. The van der Waals surface area contributed by atoms with Crippen molar-refractivity contribution in [2.24, 2.45) is 5.92 Å². The van der Waals surface area contributed by atoms with Gasteiger partial charge in [-0.2, -0.15) is 0 Å². The minimum atomic E-state index is -1.77. The summed E-state index contributed by atoms with van der Waals surface area (Å²) in [6.07, 6.45) is -2.40. The molecule has 0 radical (unpaired) electrons. The third-order valence-corrected chi connectivity index (χ3v) is 6.48. The molecule has 0 aliphatic carbocycles. The largest absolute Gasteiger partial charge is 0.451 e. The van der Waals surface area contributed by atoms with Crippen molar-refractivity contribution in [1.29, 1.82) is 0 Å². The number of benzene rings is 1. The predicted molar refractivity (Wildman–Crippen MR) is 142 cm³/mol. The number of esters is 1. The second-order valence-corrected chi connectivity index (χ2v) is 10.5. The number of rotatable bonds is 13. The van der Waals surface area contributed by atoms with Crippen LogP contribution in [0.15, 0.2) is 30.3 Å². The zero-order valence-electron chi connectivity index (χ0n) is 23.7. The summed E-state index contributed by atoms with van der Waals surface area (Å²) in [4.78, 5) is 66.1. The van der Waals surface area contributed by atoms with Crippen molar-refractivity contribution in [3.63, 3.8) is 0 Å². The number of imide groups is 1. The molecule has 1 fully saturated rings. The number of Topliss-reactive ketones (excluding diaryl/α,β-unsaturated/α-hetero) is 1. The molecule has 3 atom stereocenters. The van der Waals surface area contributed by atoms with Crippen molar-refractivity contribution in [3.05, 3.63) is 41.5 Å². The van der Waals surface area contributed by atoms with E-state index in [1.807, 2.05) is 26.8 Å². The van der Waals surface area contributed by atoms with Gasteiger partial charge in [-0.3, -0.25) is 19.2 Å². The minimum Gasteiger partial charge on any atom is -0.451 e. The first-order chi connectivity index (χ1) is 18.2. The molecule has 214 valence electrons. The fraction of sp³-hybridized carbons (Fsp3) is 0.552. The van der Waals surface area contributed by atoms with Crippen LogP contribution in [0, 0.1) is 12.8 Å². The highest BCUT2D eigenvalue weighted by Crippen LogP contribution is 2.35. The molecule has 2 amide bonds. The van der Waals surface area contributed by atoms with Crippen molar-refractivity contribution >= 4 is 35.1 Å². The average Bonchev–Trinajstić information content (AvgIpc) is 3.09. The highest BCUT2D eigenvalue weighted by molar-refractivity contribution is 6.25. The van der Waals surface area contributed by atoms with Crippen LogP contribution in [-0.2, 0) is 33.4 Å². The number of carbonyl (C=O) groups excluding carboxylic acids is 5. The van der Waals surface area contributed by atoms with Crippen LogP contribution in [0.2, 0.25) is 0 Å². The molecule has 1 N–H and O–H groups in total. The monoisotopic (exact) mass is 545 g/mol. The van der Waals surface area contributed by atoms with E-state index in [2.05, 4.69) is 0 Å². The first-order valence-electron chi connectivity index (χ1n) is 13.0. The molecule has 0 saturated carbocycles. The summed E-state index contributed by atoms with van der Waals surface area (Å²) in [5.41, 5.74) is 0.400. The zero-order chi connectivity index (χ0) is 29.5. The molecule has 10 heteroatoms. The molecule has 1 aromatic carbocycles. The highest BCUT2D eigenvalue weighted by Gasteiger charge is 2.54. The smallest absolute Gasteiger partial charge is 0.417 e. The number of cyclic esters (lactones) is 1. The fourth-order valence-electron chi connectivity index (χ4n) is 4.92.